The molecule has 2 heteroatoms. The predicted molar refractivity (Wildman–Crippen MR) is 112 cm³/mol. The van der Waals surface area contributed by atoms with Crippen molar-refractivity contribution in [2.24, 2.45) is 0 Å². The number of aldehydes is 1. The zero-order chi connectivity index (χ0) is 18.7. The lowest BCUT2D eigenvalue weighted by atomic mass is 10.2. The summed E-state index contributed by atoms with van der Waals surface area (Å²) in [5, 5.41) is 0. The highest BCUT2D eigenvalue weighted by atomic mass is 16.5. The summed E-state index contributed by atoms with van der Waals surface area (Å²) in [6.07, 6.45) is 31.1. The van der Waals surface area contributed by atoms with E-state index in [0.717, 1.165) is 17.6 Å². The topological polar surface area (TPSA) is 26.3 Å². The molecule has 132 valence electrons. The van der Waals surface area contributed by atoms with Crippen molar-refractivity contribution in [2.75, 3.05) is 7.11 Å². The Morgan fingerprint density at radius 3 is 1.35 bits per heavy atom. The average Bonchev–Trinajstić information content (AvgIpc) is 2.68. The first kappa shape index (κ1) is 20.7. The maximum absolute atomic E-state index is 10.0. The first-order valence-electron chi connectivity index (χ1n) is 8.29. The SMILES string of the molecule is COc1ccc(/C=C/C=C/C=C/C=C/C=C/C=C/C=C/C=C/C=O)cc1. The van der Waals surface area contributed by atoms with E-state index in [0.29, 0.717) is 0 Å². The fraction of sp³-hybridized carbons (Fsp3) is 0.0417. The number of rotatable bonds is 10. The van der Waals surface area contributed by atoms with Crippen LogP contribution in [-0.2, 0) is 4.79 Å². The van der Waals surface area contributed by atoms with Crippen molar-refractivity contribution in [2.45, 2.75) is 0 Å². The van der Waals surface area contributed by atoms with Gasteiger partial charge in [-0.2, -0.15) is 0 Å². The Kier molecular flexibility index (Phi) is 12.0. The smallest absolute Gasteiger partial charge is 0.142 e. The van der Waals surface area contributed by atoms with Crippen LogP contribution in [0.1, 0.15) is 5.56 Å². The number of carbonyl (C=O) groups excluding carboxylic acids is 1. The molecule has 0 saturated carbocycles. The Labute approximate surface area is 156 Å². The van der Waals surface area contributed by atoms with Gasteiger partial charge >= 0.3 is 0 Å². The number of benzene rings is 1. The van der Waals surface area contributed by atoms with E-state index in [1.165, 1.54) is 6.08 Å². The average molecular weight is 344 g/mol. The first-order valence-corrected chi connectivity index (χ1v) is 8.29. The second-order valence-electron chi connectivity index (χ2n) is 4.96. The minimum absolute atomic E-state index is 0.749. The maximum Gasteiger partial charge on any atom is 0.142 e. The van der Waals surface area contributed by atoms with Gasteiger partial charge in [0.15, 0.2) is 0 Å². The molecular weight excluding hydrogens is 320 g/mol. The summed E-state index contributed by atoms with van der Waals surface area (Å²) in [5.74, 6) is 0.861. The third kappa shape index (κ3) is 11.2. The largest absolute Gasteiger partial charge is 0.497 e. The molecule has 0 aliphatic heterocycles. The third-order valence-electron chi connectivity index (χ3n) is 3.04. The van der Waals surface area contributed by atoms with E-state index in [4.69, 9.17) is 4.74 Å². The number of hydrogen-bond donors (Lipinski definition) is 0. The summed E-state index contributed by atoms with van der Waals surface area (Å²) < 4.78 is 5.13. The number of allylic oxidation sites excluding steroid dienone is 15. The normalized spacial score (nSPS) is 13.3. The van der Waals surface area contributed by atoms with Crippen molar-refractivity contribution >= 4 is 12.4 Å². The van der Waals surface area contributed by atoms with Crippen LogP contribution in [0.25, 0.3) is 6.08 Å². The molecule has 0 unspecified atom stereocenters. The van der Waals surface area contributed by atoms with Gasteiger partial charge < -0.3 is 4.74 Å². The second kappa shape index (κ2) is 15.2. The Morgan fingerprint density at radius 1 is 0.577 bits per heavy atom. The van der Waals surface area contributed by atoms with Crippen LogP contribution in [0.2, 0.25) is 0 Å². The van der Waals surface area contributed by atoms with Gasteiger partial charge in [0.05, 0.1) is 7.11 Å². The van der Waals surface area contributed by atoms with Gasteiger partial charge in [-0.3, -0.25) is 4.79 Å². The zero-order valence-electron chi connectivity index (χ0n) is 14.9. The van der Waals surface area contributed by atoms with Crippen molar-refractivity contribution in [3.63, 3.8) is 0 Å². The third-order valence-corrected chi connectivity index (χ3v) is 3.04. The van der Waals surface area contributed by atoms with Crippen LogP contribution >= 0.6 is 0 Å². The van der Waals surface area contributed by atoms with Gasteiger partial charge in [0.25, 0.3) is 0 Å². The molecule has 0 spiro atoms. The van der Waals surface area contributed by atoms with Gasteiger partial charge in [-0.15, -0.1) is 0 Å². The van der Waals surface area contributed by atoms with Crippen LogP contribution in [0, 0.1) is 0 Å². The molecule has 0 amide bonds. The number of carbonyl (C=O) groups is 1. The molecule has 26 heavy (non-hydrogen) atoms. The Bertz CT molecular complexity index is 737. The van der Waals surface area contributed by atoms with Gasteiger partial charge in [0, 0.05) is 0 Å². The molecule has 2 nitrogen and oxygen atoms in total. The standard InChI is InChI=1S/C24H24O2/c1-26-24-20-18-23(19-21-24)17-15-13-11-9-7-5-3-2-4-6-8-10-12-14-16-22-25/h2-22H,1H3/b4-2+,5-3+,8-6+,9-7+,12-10+,13-11+,16-14+,17-15+. The summed E-state index contributed by atoms with van der Waals surface area (Å²) in [5.41, 5.74) is 1.13. The van der Waals surface area contributed by atoms with Gasteiger partial charge in [0.1, 0.15) is 12.0 Å². The van der Waals surface area contributed by atoms with E-state index in [2.05, 4.69) is 0 Å². The molecule has 0 heterocycles. The molecule has 0 fully saturated rings. The zero-order valence-corrected chi connectivity index (χ0v) is 14.9. The molecule has 0 aliphatic rings. The Hall–Kier alpha value is -3.39. The van der Waals surface area contributed by atoms with Crippen molar-refractivity contribution in [1.82, 2.24) is 0 Å². The molecule has 1 aromatic carbocycles. The van der Waals surface area contributed by atoms with Crippen molar-refractivity contribution < 1.29 is 9.53 Å². The lowest BCUT2D eigenvalue weighted by molar-refractivity contribution is -0.104. The summed E-state index contributed by atoms with van der Waals surface area (Å²) in [6.45, 7) is 0. The molecule has 0 aliphatic carbocycles. The Balaban J connectivity index is 2.26. The molecule has 1 aromatic rings. The minimum Gasteiger partial charge on any atom is -0.497 e. The van der Waals surface area contributed by atoms with Gasteiger partial charge in [0.2, 0.25) is 0 Å². The monoisotopic (exact) mass is 344 g/mol. The van der Waals surface area contributed by atoms with Crippen molar-refractivity contribution in [3.05, 3.63) is 121 Å². The van der Waals surface area contributed by atoms with Crippen LogP contribution in [0.15, 0.2) is 115 Å². The quantitative estimate of drug-likeness (QED) is 0.304. The van der Waals surface area contributed by atoms with Crippen LogP contribution in [0.5, 0.6) is 5.75 Å². The summed E-state index contributed by atoms with van der Waals surface area (Å²) in [4.78, 5) is 10.0. The molecule has 0 N–H and O–H groups in total. The van der Waals surface area contributed by atoms with Crippen LogP contribution in [0.3, 0.4) is 0 Å². The Morgan fingerprint density at radius 2 is 0.962 bits per heavy atom. The summed E-state index contributed by atoms with van der Waals surface area (Å²) in [7, 11) is 1.66. The highest BCUT2D eigenvalue weighted by molar-refractivity contribution is 5.65. The first-order chi connectivity index (χ1) is 12.9. The molecular formula is C24H24O2. The molecule has 0 radical (unpaired) electrons. The lowest BCUT2D eigenvalue weighted by Crippen LogP contribution is -1.81. The van der Waals surface area contributed by atoms with Crippen molar-refractivity contribution in [3.8, 4) is 5.75 Å². The van der Waals surface area contributed by atoms with E-state index in [1.807, 2.05) is 103 Å². The number of methoxy groups -OCH3 is 1. The highest BCUT2D eigenvalue weighted by Crippen LogP contribution is 2.12. The molecule has 0 bridgehead atoms. The fourth-order valence-electron chi connectivity index (χ4n) is 1.76. The molecule has 0 saturated heterocycles. The number of hydrogen-bond acceptors (Lipinski definition) is 2. The highest BCUT2D eigenvalue weighted by Gasteiger charge is 1.88. The van der Waals surface area contributed by atoms with E-state index in [-0.39, 0.29) is 0 Å². The van der Waals surface area contributed by atoms with E-state index in [1.54, 1.807) is 19.3 Å². The van der Waals surface area contributed by atoms with E-state index < -0.39 is 0 Å². The minimum atomic E-state index is 0.749. The molecule has 0 atom stereocenters. The van der Waals surface area contributed by atoms with Gasteiger partial charge in [-0.25, -0.2) is 0 Å². The fourth-order valence-corrected chi connectivity index (χ4v) is 1.76. The predicted octanol–water partition coefficient (Wildman–Crippen LogP) is 5.80. The summed E-state index contributed by atoms with van der Waals surface area (Å²) in [6, 6.07) is 7.91. The van der Waals surface area contributed by atoms with E-state index in [9.17, 15) is 4.79 Å². The maximum atomic E-state index is 10.0. The summed E-state index contributed by atoms with van der Waals surface area (Å²) >= 11 is 0. The van der Waals surface area contributed by atoms with Crippen LogP contribution in [0.4, 0.5) is 0 Å². The van der Waals surface area contributed by atoms with Gasteiger partial charge in [-0.05, 0) is 23.8 Å². The van der Waals surface area contributed by atoms with Gasteiger partial charge in [-0.1, -0.05) is 103 Å². The molecule has 0 aromatic heterocycles. The molecule has 1 rings (SSSR count). The number of ether oxygens (including phenoxy) is 1. The van der Waals surface area contributed by atoms with Crippen molar-refractivity contribution in [1.29, 1.82) is 0 Å². The second-order valence-corrected chi connectivity index (χ2v) is 4.96. The van der Waals surface area contributed by atoms with E-state index >= 15 is 0 Å². The van der Waals surface area contributed by atoms with Crippen LogP contribution in [-0.4, -0.2) is 13.4 Å². The van der Waals surface area contributed by atoms with Crippen LogP contribution < -0.4 is 4.74 Å². The lowest BCUT2D eigenvalue weighted by Gasteiger charge is -1.98.